The van der Waals surface area contributed by atoms with E-state index in [0.717, 1.165) is 0 Å². The Morgan fingerprint density at radius 1 is 0.263 bits per heavy atom. The molecule has 0 unspecified atom stereocenters. The molecule has 0 fully saturated rings. The number of hydrogen-bond acceptors (Lipinski definition) is 0. The third-order valence-corrected chi connectivity index (χ3v) is 10.0. The lowest BCUT2D eigenvalue weighted by molar-refractivity contribution is 1.67. The SMILES string of the molecule is c1ccc(P(c2ccccc2)c2ccc([B-](c3ccccc3)(c3ccccc3)c3ccccc3)cc2)cc1. The summed E-state index contributed by atoms with van der Waals surface area (Å²) in [5.41, 5.74) is 5.30. The standard InChI is InChI=1S/C36H29BP/c1-6-16-30(17-7-1)37(31-18-8-2-9-19-31,32-20-10-3-11-21-32)33-26-28-36(29-27-33)38(34-22-12-4-13-23-34)35-24-14-5-15-25-35/h1-29H/q-1. The molecule has 0 atom stereocenters. The van der Waals surface area contributed by atoms with Gasteiger partial charge < -0.3 is 0 Å². The first-order chi connectivity index (χ1) is 18.9. The third kappa shape index (κ3) is 4.51. The maximum atomic E-state index is 2.38. The van der Waals surface area contributed by atoms with Gasteiger partial charge >= 0.3 is 0 Å². The summed E-state index contributed by atoms with van der Waals surface area (Å²) in [5.74, 6) is 0. The highest BCUT2D eigenvalue weighted by atomic mass is 31.1. The Hall–Kier alpha value is -4.19. The van der Waals surface area contributed by atoms with Crippen LogP contribution >= 0.6 is 7.92 Å². The van der Waals surface area contributed by atoms with E-state index in [1.54, 1.807) is 0 Å². The summed E-state index contributed by atoms with van der Waals surface area (Å²) < 4.78 is 0. The molecule has 0 bridgehead atoms. The zero-order valence-electron chi connectivity index (χ0n) is 21.3. The van der Waals surface area contributed by atoms with E-state index in [1.165, 1.54) is 37.8 Å². The van der Waals surface area contributed by atoms with E-state index in [9.17, 15) is 0 Å². The van der Waals surface area contributed by atoms with Gasteiger partial charge in [-0.05, 0) is 23.8 Å². The Labute approximate surface area is 227 Å². The molecule has 6 rings (SSSR count). The molecular formula is C36H29BP-. The lowest BCUT2D eigenvalue weighted by atomic mass is 9.13. The zero-order valence-corrected chi connectivity index (χ0v) is 22.2. The minimum absolute atomic E-state index is 0.650. The van der Waals surface area contributed by atoms with E-state index in [2.05, 4.69) is 176 Å². The van der Waals surface area contributed by atoms with Gasteiger partial charge in [0.25, 0.3) is 0 Å². The Kier molecular flexibility index (Phi) is 7.03. The van der Waals surface area contributed by atoms with Gasteiger partial charge in [0.05, 0.1) is 0 Å². The van der Waals surface area contributed by atoms with E-state index in [0.29, 0.717) is 0 Å². The van der Waals surface area contributed by atoms with Gasteiger partial charge in [0.15, 0.2) is 0 Å². The van der Waals surface area contributed by atoms with Crippen LogP contribution in [0.25, 0.3) is 0 Å². The molecule has 0 saturated carbocycles. The van der Waals surface area contributed by atoms with Crippen molar-refractivity contribution in [1.82, 2.24) is 0 Å². The van der Waals surface area contributed by atoms with Crippen molar-refractivity contribution in [2.75, 3.05) is 0 Å². The molecule has 38 heavy (non-hydrogen) atoms. The molecule has 2 heteroatoms. The number of benzene rings is 6. The van der Waals surface area contributed by atoms with Crippen LogP contribution in [0, 0.1) is 0 Å². The molecule has 6 aromatic carbocycles. The molecule has 0 aliphatic rings. The first-order valence-electron chi connectivity index (χ1n) is 13.2. The summed E-state index contributed by atoms with van der Waals surface area (Å²) in [4.78, 5) is 0. The first kappa shape index (κ1) is 24.2. The first-order valence-corrected chi connectivity index (χ1v) is 14.5. The predicted octanol–water partition coefficient (Wildman–Crippen LogP) is 4.82. The topological polar surface area (TPSA) is 0 Å². The number of rotatable bonds is 7. The third-order valence-electron chi connectivity index (χ3n) is 7.58. The van der Waals surface area contributed by atoms with Crippen LogP contribution in [-0.4, -0.2) is 6.15 Å². The van der Waals surface area contributed by atoms with Crippen molar-refractivity contribution < 1.29 is 0 Å². The summed E-state index contributed by atoms with van der Waals surface area (Å²) in [6.45, 7) is 0. The Balaban J connectivity index is 1.56. The Morgan fingerprint density at radius 2 is 0.526 bits per heavy atom. The molecule has 0 nitrogen and oxygen atoms in total. The molecule has 0 aromatic heterocycles. The van der Waals surface area contributed by atoms with Gasteiger partial charge in [-0.3, -0.25) is 0 Å². The van der Waals surface area contributed by atoms with Crippen LogP contribution in [0.5, 0.6) is 0 Å². The van der Waals surface area contributed by atoms with Gasteiger partial charge in [-0.15, -0.1) is 0 Å². The molecule has 0 amide bonds. The van der Waals surface area contributed by atoms with Crippen molar-refractivity contribution in [1.29, 1.82) is 0 Å². The van der Waals surface area contributed by atoms with Crippen LogP contribution in [0.4, 0.5) is 0 Å². The fourth-order valence-electron chi connectivity index (χ4n) is 5.89. The van der Waals surface area contributed by atoms with E-state index in [1.807, 2.05) is 0 Å². The molecule has 0 spiro atoms. The van der Waals surface area contributed by atoms with Gasteiger partial charge in [-0.2, -0.15) is 21.9 Å². The molecule has 0 N–H and O–H groups in total. The van der Waals surface area contributed by atoms with Crippen molar-refractivity contribution in [2.24, 2.45) is 0 Å². The molecular weight excluding hydrogens is 474 g/mol. The summed E-state index contributed by atoms with van der Waals surface area (Å²) in [7, 11) is -0.650. The van der Waals surface area contributed by atoms with Crippen LogP contribution in [0.1, 0.15) is 0 Å². The van der Waals surface area contributed by atoms with Crippen LogP contribution < -0.4 is 37.8 Å². The Morgan fingerprint density at radius 3 is 0.868 bits per heavy atom. The molecule has 0 aliphatic carbocycles. The summed E-state index contributed by atoms with van der Waals surface area (Å²) in [6, 6.07) is 64.4. The predicted molar refractivity (Wildman–Crippen MR) is 169 cm³/mol. The van der Waals surface area contributed by atoms with Crippen LogP contribution in [-0.2, 0) is 0 Å². The van der Waals surface area contributed by atoms with Gasteiger partial charge in [0.2, 0.25) is 0 Å². The second-order valence-electron chi connectivity index (χ2n) is 9.70. The van der Waals surface area contributed by atoms with Crippen LogP contribution in [0.2, 0.25) is 0 Å². The highest BCUT2D eigenvalue weighted by Crippen LogP contribution is 2.32. The van der Waals surface area contributed by atoms with Gasteiger partial charge in [-0.1, -0.05) is 176 Å². The van der Waals surface area contributed by atoms with E-state index < -0.39 is 14.1 Å². The molecule has 6 aromatic rings. The largest absolute Gasteiger partial charge is 0.195 e. The zero-order chi connectivity index (χ0) is 25.6. The molecule has 0 heterocycles. The summed E-state index contributed by atoms with van der Waals surface area (Å²) in [5, 5.41) is 4.10. The highest BCUT2D eigenvalue weighted by molar-refractivity contribution is 7.79. The van der Waals surface area contributed by atoms with Crippen molar-refractivity contribution in [3.8, 4) is 0 Å². The van der Waals surface area contributed by atoms with Crippen LogP contribution in [0.15, 0.2) is 176 Å². The lowest BCUT2D eigenvalue weighted by Gasteiger charge is -2.44. The fraction of sp³-hybridized carbons (Fsp3) is 0. The van der Waals surface area contributed by atoms with Crippen molar-refractivity contribution in [3.05, 3.63) is 176 Å². The monoisotopic (exact) mass is 503 g/mol. The Bertz CT molecular complexity index is 1430. The quantitative estimate of drug-likeness (QED) is 0.217. The average Bonchev–Trinajstić information content (AvgIpc) is 3.01. The number of hydrogen-bond donors (Lipinski definition) is 0. The second kappa shape index (κ2) is 11.1. The van der Waals surface area contributed by atoms with E-state index in [4.69, 9.17) is 0 Å². The van der Waals surface area contributed by atoms with Gasteiger partial charge in [0, 0.05) is 0 Å². The average molecular weight is 503 g/mol. The summed E-state index contributed by atoms with van der Waals surface area (Å²) >= 11 is 0. The normalized spacial score (nSPS) is 11.4. The molecule has 0 aliphatic heterocycles. The minimum atomic E-state index is -1.36. The highest BCUT2D eigenvalue weighted by Gasteiger charge is 2.31. The molecule has 0 saturated heterocycles. The van der Waals surface area contributed by atoms with Gasteiger partial charge in [-0.25, -0.2) is 0 Å². The second-order valence-corrected chi connectivity index (χ2v) is 11.9. The molecule has 0 radical (unpaired) electrons. The van der Waals surface area contributed by atoms with E-state index >= 15 is 0 Å². The van der Waals surface area contributed by atoms with Gasteiger partial charge in [0.1, 0.15) is 6.15 Å². The smallest absolute Gasteiger partial charge is 0.108 e. The minimum Gasteiger partial charge on any atom is -0.195 e. The molecule has 182 valence electrons. The van der Waals surface area contributed by atoms with Crippen molar-refractivity contribution in [3.63, 3.8) is 0 Å². The maximum absolute atomic E-state index is 2.38. The van der Waals surface area contributed by atoms with Crippen LogP contribution in [0.3, 0.4) is 0 Å². The lowest BCUT2D eigenvalue weighted by Crippen LogP contribution is -2.74. The fourth-order valence-corrected chi connectivity index (χ4v) is 8.18. The van der Waals surface area contributed by atoms with E-state index in [-0.39, 0.29) is 0 Å². The maximum Gasteiger partial charge on any atom is 0.108 e. The van der Waals surface area contributed by atoms with Crippen molar-refractivity contribution in [2.45, 2.75) is 0 Å². The van der Waals surface area contributed by atoms with Crippen molar-refractivity contribution >= 4 is 51.8 Å². The summed E-state index contributed by atoms with van der Waals surface area (Å²) in [6.07, 6.45) is -1.36.